The molecule has 3 rings (SSSR count). The molecule has 1 aliphatic carbocycles. The summed E-state index contributed by atoms with van der Waals surface area (Å²) in [4.78, 5) is 13.7. The highest BCUT2D eigenvalue weighted by atomic mass is 16.4. The molecule has 1 heterocycles. The number of carboxylic acids is 1. The van der Waals surface area contributed by atoms with Crippen LogP contribution in [0, 0.1) is 11.3 Å². The van der Waals surface area contributed by atoms with Gasteiger partial charge in [-0.3, -0.25) is 4.90 Å². The van der Waals surface area contributed by atoms with E-state index in [1.165, 1.54) is 12.8 Å². The second-order valence-electron chi connectivity index (χ2n) is 7.08. The van der Waals surface area contributed by atoms with E-state index >= 15 is 0 Å². The second kappa shape index (κ2) is 6.39. The van der Waals surface area contributed by atoms with Crippen molar-refractivity contribution in [1.82, 2.24) is 4.90 Å². The number of nitrogens with zero attached hydrogens (tertiary/aromatic N) is 1. The van der Waals surface area contributed by atoms with Crippen LogP contribution < -0.4 is 0 Å². The summed E-state index contributed by atoms with van der Waals surface area (Å²) in [5.74, 6) is -0.0579. The average Bonchev–Trinajstić information content (AvgIpc) is 3.32. The fourth-order valence-electron chi connectivity index (χ4n) is 3.85. The van der Waals surface area contributed by atoms with Gasteiger partial charge < -0.3 is 10.2 Å². The van der Waals surface area contributed by atoms with Crippen LogP contribution in [0.25, 0.3) is 0 Å². The van der Waals surface area contributed by atoms with E-state index in [-0.39, 0.29) is 12.0 Å². The summed E-state index contributed by atoms with van der Waals surface area (Å²) in [5, 5.41) is 19.2. The predicted molar refractivity (Wildman–Crippen MR) is 84.8 cm³/mol. The number of rotatable bonds is 6. The molecule has 1 aliphatic heterocycles. The number of piperidine rings is 1. The van der Waals surface area contributed by atoms with Crippen LogP contribution in [0.5, 0.6) is 0 Å². The van der Waals surface area contributed by atoms with E-state index in [9.17, 15) is 15.0 Å². The van der Waals surface area contributed by atoms with Crippen LogP contribution in [0.1, 0.15) is 48.0 Å². The van der Waals surface area contributed by atoms with Gasteiger partial charge in [0.15, 0.2) is 0 Å². The fraction of sp³-hybridized carbons (Fsp3) is 0.611. The van der Waals surface area contributed by atoms with Gasteiger partial charge in [-0.25, -0.2) is 4.79 Å². The van der Waals surface area contributed by atoms with Gasteiger partial charge in [0.1, 0.15) is 0 Å². The maximum absolute atomic E-state index is 11.3. The van der Waals surface area contributed by atoms with E-state index in [0.717, 1.165) is 43.8 Å². The first-order valence-electron chi connectivity index (χ1n) is 8.26. The molecule has 120 valence electrons. The number of carboxylic acid groups (broad SMARTS) is 1. The SMILES string of the molecule is O=C(O)c1ccccc1CN1CCC[C@@](CO)(CC2CC2)C1. The minimum Gasteiger partial charge on any atom is -0.478 e. The topological polar surface area (TPSA) is 60.8 Å². The van der Waals surface area contributed by atoms with Crippen LogP contribution in [0.15, 0.2) is 24.3 Å². The van der Waals surface area contributed by atoms with Gasteiger partial charge >= 0.3 is 5.97 Å². The van der Waals surface area contributed by atoms with Gasteiger partial charge in [-0.2, -0.15) is 0 Å². The highest BCUT2D eigenvalue weighted by Gasteiger charge is 2.39. The third-order valence-corrected chi connectivity index (χ3v) is 5.14. The Kier molecular flexibility index (Phi) is 4.50. The van der Waals surface area contributed by atoms with E-state index in [1.54, 1.807) is 12.1 Å². The Bertz CT molecular complexity index is 541. The van der Waals surface area contributed by atoms with Crippen LogP contribution in [0.2, 0.25) is 0 Å². The van der Waals surface area contributed by atoms with Gasteiger partial charge in [0, 0.05) is 25.1 Å². The van der Waals surface area contributed by atoms with Crippen molar-refractivity contribution in [3.8, 4) is 0 Å². The minimum absolute atomic E-state index is 0.0254. The number of aromatic carboxylic acids is 1. The molecule has 1 saturated heterocycles. The van der Waals surface area contributed by atoms with Crippen molar-refractivity contribution < 1.29 is 15.0 Å². The van der Waals surface area contributed by atoms with E-state index in [0.29, 0.717) is 12.1 Å². The number of hydrogen-bond donors (Lipinski definition) is 2. The molecule has 1 aromatic rings. The molecule has 0 radical (unpaired) electrons. The number of carbonyl (C=O) groups is 1. The maximum Gasteiger partial charge on any atom is 0.336 e. The number of aliphatic hydroxyl groups is 1. The zero-order chi connectivity index (χ0) is 15.6. The molecule has 1 atom stereocenters. The third kappa shape index (κ3) is 3.50. The number of aliphatic hydroxyl groups excluding tert-OH is 1. The molecule has 4 nitrogen and oxygen atoms in total. The molecule has 1 aromatic carbocycles. The Morgan fingerprint density at radius 3 is 2.77 bits per heavy atom. The van der Waals surface area contributed by atoms with Crippen LogP contribution in [0.4, 0.5) is 0 Å². The summed E-state index contributed by atoms with van der Waals surface area (Å²) >= 11 is 0. The lowest BCUT2D eigenvalue weighted by Crippen LogP contribution is -2.45. The normalized spacial score (nSPS) is 26.0. The lowest BCUT2D eigenvalue weighted by atomic mass is 9.76. The summed E-state index contributed by atoms with van der Waals surface area (Å²) in [6, 6.07) is 7.24. The third-order valence-electron chi connectivity index (χ3n) is 5.14. The van der Waals surface area contributed by atoms with Gasteiger partial charge in [-0.15, -0.1) is 0 Å². The van der Waals surface area contributed by atoms with Gasteiger partial charge in [0.05, 0.1) is 5.56 Å². The first-order chi connectivity index (χ1) is 10.6. The Labute approximate surface area is 131 Å². The van der Waals surface area contributed by atoms with Crippen LogP contribution in [0.3, 0.4) is 0 Å². The summed E-state index contributed by atoms with van der Waals surface area (Å²) in [6.07, 6.45) is 5.92. The molecule has 1 saturated carbocycles. The molecule has 2 fully saturated rings. The van der Waals surface area contributed by atoms with Crippen molar-refractivity contribution in [3.63, 3.8) is 0 Å². The standard InChI is InChI=1S/C18H25NO3/c20-13-18(10-14-6-7-14)8-3-9-19(12-18)11-15-4-1-2-5-16(15)17(21)22/h1-2,4-5,14,20H,3,6-13H2,(H,21,22)/t18-/m1/s1. The van der Waals surface area contributed by atoms with Crippen LogP contribution in [-0.4, -0.2) is 40.8 Å². The summed E-state index contributed by atoms with van der Waals surface area (Å²) in [6.45, 7) is 2.78. The largest absolute Gasteiger partial charge is 0.478 e. The molecular weight excluding hydrogens is 278 g/mol. The van der Waals surface area contributed by atoms with Crippen molar-refractivity contribution in [2.45, 2.75) is 38.6 Å². The second-order valence-corrected chi connectivity index (χ2v) is 7.08. The van der Waals surface area contributed by atoms with E-state index in [2.05, 4.69) is 4.90 Å². The molecule has 0 bridgehead atoms. The van der Waals surface area contributed by atoms with E-state index in [4.69, 9.17) is 0 Å². The number of likely N-dealkylation sites (tertiary alicyclic amines) is 1. The molecule has 0 spiro atoms. The average molecular weight is 303 g/mol. The fourth-order valence-corrected chi connectivity index (χ4v) is 3.85. The van der Waals surface area contributed by atoms with E-state index in [1.807, 2.05) is 12.1 Å². The van der Waals surface area contributed by atoms with Crippen molar-refractivity contribution >= 4 is 5.97 Å². The molecule has 0 unspecified atom stereocenters. The Balaban J connectivity index is 1.71. The lowest BCUT2D eigenvalue weighted by Gasteiger charge is -2.42. The highest BCUT2D eigenvalue weighted by molar-refractivity contribution is 5.89. The van der Waals surface area contributed by atoms with Gasteiger partial charge in [0.2, 0.25) is 0 Å². The summed E-state index contributed by atoms with van der Waals surface area (Å²) in [5.41, 5.74) is 1.29. The maximum atomic E-state index is 11.3. The first-order valence-corrected chi connectivity index (χ1v) is 8.26. The molecule has 0 aromatic heterocycles. The quantitative estimate of drug-likeness (QED) is 0.848. The molecule has 22 heavy (non-hydrogen) atoms. The van der Waals surface area contributed by atoms with Crippen molar-refractivity contribution in [2.24, 2.45) is 11.3 Å². The van der Waals surface area contributed by atoms with Gasteiger partial charge in [-0.05, 0) is 43.4 Å². The molecule has 4 heteroatoms. The zero-order valence-electron chi connectivity index (χ0n) is 13.0. The number of hydrogen-bond acceptors (Lipinski definition) is 3. The van der Waals surface area contributed by atoms with Crippen molar-refractivity contribution in [1.29, 1.82) is 0 Å². The minimum atomic E-state index is -0.862. The molecule has 0 amide bonds. The molecular formula is C18H25NO3. The summed E-state index contributed by atoms with van der Waals surface area (Å²) < 4.78 is 0. The predicted octanol–water partition coefficient (Wildman–Crippen LogP) is 2.76. The van der Waals surface area contributed by atoms with Crippen LogP contribution >= 0.6 is 0 Å². The molecule has 2 N–H and O–H groups in total. The van der Waals surface area contributed by atoms with E-state index < -0.39 is 5.97 Å². The zero-order valence-corrected chi connectivity index (χ0v) is 13.0. The van der Waals surface area contributed by atoms with Crippen molar-refractivity contribution in [2.75, 3.05) is 19.7 Å². The molecule has 2 aliphatic rings. The van der Waals surface area contributed by atoms with Crippen molar-refractivity contribution in [3.05, 3.63) is 35.4 Å². The Morgan fingerprint density at radius 2 is 2.09 bits per heavy atom. The Hall–Kier alpha value is -1.39. The van der Waals surface area contributed by atoms with Gasteiger partial charge in [0.25, 0.3) is 0 Å². The van der Waals surface area contributed by atoms with Crippen LogP contribution in [-0.2, 0) is 6.54 Å². The lowest BCUT2D eigenvalue weighted by molar-refractivity contribution is 0.0178. The summed E-state index contributed by atoms with van der Waals surface area (Å²) in [7, 11) is 0. The smallest absolute Gasteiger partial charge is 0.336 e. The monoisotopic (exact) mass is 303 g/mol. The Morgan fingerprint density at radius 1 is 1.32 bits per heavy atom. The first kappa shape index (κ1) is 15.5. The number of benzene rings is 1. The van der Waals surface area contributed by atoms with Gasteiger partial charge in [-0.1, -0.05) is 31.0 Å². The highest BCUT2D eigenvalue weighted by Crippen LogP contribution is 2.44.